The molecule has 0 saturated carbocycles. The summed E-state index contributed by atoms with van der Waals surface area (Å²) < 4.78 is 16.4. The number of hydrogen-bond acceptors (Lipinski definition) is 6. The predicted octanol–water partition coefficient (Wildman–Crippen LogP) is 1.35. The molecule has 0 spiro atoms. The van der Waals surface area contributed by atoms with Crippen molar-refractivity contribution in [3.05, 3.63) is 17.7 Å². The fourth-order valence-electron chi connectivity index (χ4n) is 3.37. The quantitative estimate of drug-likeness (QED) is 0.853. The van der Waals surface area contributed by atoms with E-state index in [1.807, 2.05) is 12.1 Å². The molecule has 1 aliphatic heterocycles. The smallest absolute Gasteiger partial charge is 0.203 e. The van der Waals surface area contributed by atoms with E-state index in [9.17, 15) is 0 Å². The number of benzene rings is 1. The zero-order valence-corrected chi connectivity index (χ0v) is 14.8. The van der Waals surface area contributed by atoms with E-state index in [2.05, 4.69) is 23.8 Å². The molecule has 6 heteroatoms. The Morgan fingerprint density at radius 1 is 1.13 bits per heavy atom. The highest BCUT2D eigenvalue weighted by Crippen LogP contribution is 2.40. The van der Waals surface area contributed by atoms with Crippen molar-refractivity contribution in [2.45, 2.75) is 19.0 Å². The molecular formula is C17H29N3O3. The van der Waals surface area contributed by atoms with Crippen molar-refractivity contribution in [1.29, 1.82) is 0 Å². The van der Waals surface area contributed by atoms with Gasteiger partial charge in [-0.1, -0.05) is 0 Å². The van der Waals surface area contributed by atoms with Crippen LogP contribution in [0.3, 0.4) is 0 Å². The summed E-state index contributed by atoms with van der Waals surface area (Å²) in [5.74, 6) is 1.95. The van der Waals surface area contributed by atoms with E-state index in [1.165, 1.54) is 0 Å². The third-order valence-electron chi connectivity index (χ3n) is 4.58. The summed E-state index contributed by atoms with van der Waals surface area (Å²) in [6, 6.07) is 4.59. The second-order valence-electron chi connectivity index (χ2n) is 6.06. The minimum Gasteiger partial charge on any atom is -0.493 e. The van der Waals surface area contributed by atoms with E-state index in [4.69, 9.17) is 19.9 Å². The minimum absolute atomic E-state index is 0.132. The van der Waals surface area contributed by atoms with Gasteiger partial charge in [0.1, 0.15) is 0 Å². The maximum Gasteiger partial charge on any atom is 0.203 e. The number of nitrogens with two attached hydrogens (primary N) is 1. The minimum atomic E-state index is 0.132. The van der Waals surface area contributed by atoms with Gasteiger partial charge in [-0.3, -0.25) is 4.90 Å². The summed E-state index contributed by atoms with van der Waals surface area (Å²) in [5.41, 5.74) is 7.21. The number of nitrogens with zero attached hydrogens (tertiary/aromatic N) is 2. The third-order valence-corrected chi connectivity index (χ3v) is 4.58. The van der Waals surface area contributed by atoms with Crippen molar-refractivity contribution < 1.29 is 14.2 Å². The average Bonchev–Trinajstić information content (AvgIpc) is 2.56. The maximum atomic E-state index is 6.12. The lowest BCUT2D eigenvalue weighted by molar-refractivity contribution is 0.0633. The van der Waals surface area contributed by atoms with Crippen LogP contribution in [0, 0.1) is 0 Å². The van der Waals surface area contributed by atoms with Gasteiger partial charge in [-0.05, 0) is 31.7 Å². The molecule has 0 radical (unpaired) electrons. The van der Waals surface area contributed by atoms with Crippen molar-refractivity contribution >= 4 is 0 Å². The first-order valence-electron chi connectivity index (χ1n) is 7.99. The summed E-state index contributed by atoms with van der Waals surface area (Å²) >= 11 is 0. The Morgan fingerprint density at radius 3 is 2.17 bits per heavy atom. The van der Waals surface area contributed by atoms with Gasteiger partial charge in [0.2, 0.25) is 5.75 Å². The van der Waals surface area contributed by atoms with Crippen molar-refractivity contribution in [1.82, 2.24) is 9.80 Å². The number of likely N-dealkylation sites (N-methyl/N-ethyl adjacent to an activating group) is 1. The fraction of sp³-hybridized carbons (Fsp3) is 0.647. The van der Waals surface area contributed by atoms with Gasteiger partial charge in [-0.2, -0.15) is 0 Å². The molecule has 1 saturated heterocycles. The van der Waals surface area contributed by atoms with E-state index in [0.717, 1.165) is 25.2 Å². The maximum absolute atomic E-state index is 6.12. The largest absolute Gasteiger partial charge is 0.493 e. The van der Waals surface area contributed by atoms with Crippen LogP contribution < -0.4 is 19.9 Å². The zero-order valence-electron chi connectivity index (χ0n) is 14.8. The first-order chi connectivity index (χ1) is 11.0. The molecule has 2 rings (SSSR count). The van der Waals surface area contributed by atoms with Crippen LogP contribution in [0.15, 0.2) is 12.1 Å². The molecule has 0 aromatic heterocycles. The van der Waals surface area contributed by atoms with Crippen LogP contribution in [0.25, 0.3) is 0 Å². The van der Waals surface area contributed by atoms with Crippen LogP contribution in [-0.4, -0.2) is 70.4 Å². The Morgan fingerprint density at radius 2 is 1.74 bits per heavy atom. The third kappa shape index (κ3) is 3.71. The SMILES string of the molecule is COc1cc(C(CN)N2CCN(C)CC2C)cc(OC)c1OC. The van der Waals surface area contributed by atoms with Gasteiger partial charge in [0, 0.05) is 38.3 Å². The fourth-order valence-corrected chi connectivity index (χ4v) is 3.37. The molecule has 1 heterocycles. The zero-order chi connectivity index (χ0) is 17.0. The van der Waals surface area contributed by atoms with E-state index in [-0.39, 0.29) is 6.04 Å². The molecule has 130 valence electrons. The topological polar surface area (TPSA) is 60.2 Å². The van der Waals surface area contributed by atoms with Crippen LogP contribution in [0.5, 0.6) is 17.2 Å². The molecule has 0 amide bonds. The summed E-state index contributed by atoms with van der Waals surface area (Å²) in [5, 5.41) is 0. The molecule has 1 fully saturated rings. The van der Waals surface area contributed by atoms with Crippen LogP contribution in [-0.2, 0) is 0 Å². The molecule has 2 N–H and O–H groups in total. The standard InChI is InChI=1S/C17H29N3O3/c1-12-11-19(2)6-7-20(12)14(10-18)13-8-15(21-3)17(23-5)16(9-13)22-4/h8-9,12,14H,6-7,10-11,18H2,1-5H3. The second-order valence-corrected chi connectivity index (χ2v) is 6.06. The highest BCUT2D eigenvalue weighted by molar-refractivity contribution is 5.54. The predicted molar refractivity (Wildman–Crippen MR) is 91.6 cm³/mol. The van der Waals surface area contributed by atoms with Crippen LogP contribution in [0.4, 0.5) is 0 Å². The van der Waals surface area contributed by atoms with E-state index in [1.54, 1.807) is 21.3 Å². The number of piperazine rings is 1. The summed E-state index contributed by atoms with van der Waals surface area (Å²) in [7, 11) is 7.04. The van der Waals surface area contributed by atoms with Gasteiger partial charge < -0.3 is 24.8 Å². The molecule has 1 aliphatic rings. The number of hydrogen-bond donors (Lipinski definition) is 1. The van der Waals surface area contributed by atoms with Gasteiger partial charge in [0.15, 0.2) is 11.5 Å². The van der Waals surface area contributed by atoms with Gasteiger partial charge >= 0.3 is 0 Å². The summed E-state index contributed by atoms with van der Waals surface area (Å²) in [6.07, 6.45) is 0. The lowest BCUT2D eigenvalue weighted by atomic mass is 10.0. The average molecular weight is 323 g/mol. The van der Waals surface area contributed by atoms with Crippen molar-refractivity contribution in [2.75, 3.05) is 54.6 Å². The van der Waals surface area contributed by atoms with Gasteiger partial charge in [-0.25, -0.2) is 0 Å². The first-order valence-corrected chi connectivity index (χ1v) is 7.99. The Labute approximate surface area is 139 Å². The summed E-state index contributed by atoms with van der Waals surface area (Å²) in [4.78, 5) is 4.81. The van der Waals surface area contributed by atoms with E-state index < -0.39 is 0 Å². The number of rotatable bonds is 6. The summed E-state index contributed by atoms with van der Waals surface area (Å²) in [6.45, 7) is 5.88. The molecule has 6 nitrogen and oxygen atoms in total. The Balaban J connectivity index is 2.37. The highest BCUT2D eigenvalue weighted by atomic mass is 16.5. The van der Waals surface area contributed by atoms with Crippen LogP contribution in [0.1, 0.15) is 18.5 Å². The lowest BCUT2D eigenvalue weighted by Crippen LogP contribution is -2.52. The van der Waals surface area contributed by atoms with Crippen molar-refractivity contribution in [2.24, 2.45) is 5.73 Å². The normalized spacial score (nSPS) is 21.0. The lowest BCUT2D eigenvalue weighted by Gasteiger charge is -2.42. The van der Waals surface area contributed by atoms with Crippen molar-refractivity contribution in [3.63, 3.8) is 0 Å². The molecule has 0 bridgehead atoms. The first kappa shape index (κ1) is 17.8. The van der Waals surface area contributed by atoms with Gasteiger partial charge in [0.05, 0.1) is 21.3 Å². The van der Waals surface area contributed by atoms with Crippen molar-refractivity contribution in [3.8, 4) is 17.2 Å². The van der Waals surface area contributed by atoms with Crippen LogP contribution in [0.2, 0.25) is 0 Å². The Bertz CT molecular complexity index is 499. The van der Waals surface area contributed by atoms with E-state index in [0.29, 0.717) is 29.8 Å². The Kier molecular flexibility index (Phi) is 6.10. The highest BCUT2D eigenvalue weighted by Gasteiger charge is 2.29. The monoisotopic (exact) mass is 323 g/mol. The molecule has 1 aromatic rings. The number of ether oxygens (including phenoxy) is 3. The Hall–Kier alpha value is -1.50. The van der Waals surface area contributed by atoms with Gasteiger partial charge in [0.25, 0.3) is 0 Å². The van der Waals surface area contributed by atoms with Gasteiger partial charge in [-0.15, -0.1) is 0 Å². The molecule has 1 aromatic carbocycles. The van der Waals surface area contributed by atoms with E-state index >= 15 is 0 Å². The number of methoxy groups -OCH3 is 3. The molecule has 23 heavy (non-hydrogen) atoms. The second kappa shape index (κ2) is 7.86. The molecule has 0 aliphatic carbocycles. The van der Waals surface area contributed by atoms with Crippen LogP contribution >= 0.6 is 0 Å². The molecular weight excluding hydrogens is 294 g/mol. The molecule has 2 atom stereocenters. The molecule has 2 unspecified atom stereocenters.